The van der Waals surface area contributed by atoms with E-state index in [2.05, 4.69) is 58.7 Å². The van der Waals surface area contributed by atoms with Crippen LogP contribution in [0, 0.1) is 0 Å². The first-order valence-electron chi connectivity index (χ1n) is 6.76. The number of hydrogen-bond acceptors (Lipinski definition) is 2. The Labute approximate surface area is 118 Å². The number of nitrogens with two attached hydrogens (primary N) is 1. The third-order valence-electron chi connectivity index (χ3n) is 3.42. The first kappa shape index (κ1) is 12.6. The van der Waals surface area contributed by atoms with E-state index in [9.17, 15) is 0 Å². The van der Waals surface area contributed by atoms with Gasteiger partial charge in [0.05, 0.1) is 5.69 Å². The minimum absolute atomic E-state index is 0.664. The molecule has 0 radical (unpaired) electrons. The van der Waals surface area contributed by atoms with Gasteiger partial charge in [0.25, 0.3) is 0 Å². The van der Waals surface area contributed by atoms with Gasteiger partial charge in [0.2, 0.25) is 0 Å². The fourth-order valence-corrected chi connectivity index (χ4v) is 2.45. The van der Waals surface area contributed by atoms with Crippen LogP contribution in [-0.2, 0) is 6.42 Å². The largest absolute Gasteiger partial charge is 0.330 e. The molecule has 3 heteroatoms. The number of nitrogens with zero attached hydrogens (tertiary/aromatic N) is 1. The lowest BCUT2D eigenvalue weighted by molar-refractivity contribution is 0.971. The van der Waals surface area contributed by atoms with Crippen LogP contribution in [0.25, 0.3) is 22.4 Å². The monoisotopic (exact) mass is 263 g/mol. The zero-order valence-electron chi connectivity index (χ0n) is 11.2. The fourth-order valence-electron chi connectivity index (χ4n) is 2.45. The minimum Gasteiger partial charge on any atom is -0.330 e. The summed E-state index contributed by atoms with van der Waals surface area (Å²) in [4.78, 5) is 0. The molecule has 0 saturated heterocycles. The summed E-state index contributed by atoms with van der Waals surface area (Å²) in [6.45, 7) is 0.664. The van der Waals surface area contributed by atoms with Gasteiger partial charge in [0.15, 0.2) is 0 Å². The van der Waals surface area contributed by atoms with Crippen molar-refractivity contribution in [3.8, 4) is 22.4 Å². The second-order valence-electron chi connectivity index (χ2n) is 4.75. The van der Waals surface area contributed by atoms with Crippen molar-refractivity contribution in [1.82, 2.24) is 10.2 Å². The number of rotatable bonds is 4. The van der Waals surface area contributed by atoms with Crippen molar-refractivity contribution in [2.75, 3.05) is 6.54 Å². The molecule has 0 aliphatic carbocycles. The average molecular weight is 263 g/mol. The van der Waals surface area contributed by atoms with Crippen molar-refractivity contribution >= 4 is 0 Å². The van der Waals surface area contributed by atoms with E-state index in [0.29, 0.717) is 6.54 Å². The van der Waals surface area contributed by atoms with Gasteiger partial charge in [-0.2, -0.15) is 5.10 Å². The van der Waals surface area contributed by atoms with Crippen LogP contribution < -0.4 is 5.73 Å². The number of aromatic amines is 1. The molecule has 3 nitrogen and oxygen atoms in total. The highest BCUT2D eigenvalue weighted by atomic mass is 15.1. The van der Waals surface area contributed by atoms with Crippen LogP contribution in [0.2, 0.25) is 0 Å². The topological polar surface area (TPSA) is 54.7 Å². The summed E-state index contributed by atoms with van der Waals surface area (Å²) in [6.07, 6.45) is 2.66. The summed E-state index contributed by atoms with van der Waals surface area (Å²) < 4.78 is 0. The van der Waals surface area contributed by atoms with E-state index in [4.69, 9.17) is 5.73 Å². The van der Waals surface area contributed by atoms with Crippen molar-refractivity contribution in [3.63, 3.8) is 0 Å². The molecule has 1 heterocycles. The molecule has 0 aliphatic rings. The molecular formula is C17H17N3. The van der Waals surface area contributed by atoms with Crippen LogP contribution in [0.15, 0.2) is 60.8 Å². The summed E-state index contributed by atoms with van der Waals surface area (Å²) >= 11 is 0. The molecule has 0 spiro atoms. The van der Waals surface area contributed by atoms with Crippen LogP contribution in [0.4, 0.5) is 0 Å². The molecule has 3 rings (SSSR count). The maximum Gasteiger partial charge on any atom is 0.0650 e. The highest BCUT2D eigenvalue weighted by molar-refractivity contribution is 5.73. The zero-order chi connectivity index (χ0) is 13.8. The second kappa shape index (κ2) is 5.72. The summed E-state index contributed by atoms with van der Waals surface area (Å²) in [5.41, 5.74) is 11.6. The molecule has 0 aliphatic heterocycles. The summed E-state index contributed by atoms with van der Waals surface area (Å²) in [6, 6.07) is 18.9. The standard InChI is InChI=1S/C17H17N3/c18-10-8-13-4-1-2-7-16(13)14-5-3-6-15(12-14)17-9-11-19-20-17/h1-7,9,11-12H,8,10,18H2,(H,19,20). The van der Waals surface area contributed by atoms with Crippen LogP contribution >= 0.6 is 0 Å². The number of nitrogens with one attached hydrogen (secondary N) is 1. The van der Waals surface area contributed by atoms with Gasteiger partial charge in [0.1, 0.15) is 0 Å². The van der Waals surface area contributed by atoms with Crippen molar-refractivity contribution < 1.29 is 0 Å². The quantitative estimate of drug-likeness (QED) is 0.759. The van der Waals surface area contributed by atoms with Crippen molar-refractivity contribution in [1.29, 1.82) is 0 Å². The van der Waals surface area contributed by atoms with Crippen molar-refractivity contribution in [3.05, 3.63) is 66.4 Å². The van der Waals surface area contributed by atoms with E-state index in [1.807, 2.05) is 6.07 Å². The van der Waals surface area contributed by atoms with E-state index < -0.39 is 0 Å². The predicted molar refractivity (Wildman–Crippen MR) is 82.2 cm³/mol. The van der Waals surface area contributed by atoms with Crippen molar-refractivity contribution in [2.45, 2.75) is 6.42 Å². The van der Waals surface area contributed by atoms with Gasteiger partial charge >= 0.3 is 0 Å². The molecule has 20 heavy (non-hydrogen) atoms. The second-order valence-corrected chi connectivity index (χ2v) is 4.75. The maximum absolute atomic E-state index is 5.70. The number of hydrogen-bond donors (Lipinski definition) is 2. The molecule has 0 atom stereocenters. The highest BCUT2D eigenvalue weighted by Gasteiger charge is 2.06. The van der Waals surface area contributed by atoms with Crippen molar-refractivity contribution in [2.24, 2.45) is 5.73 Å². The number of benzene rings is 2. The lowest BCUT2D eigenvalue weighted by Gasteiger charge is -2.10. The van der Waals surface area contributed by atoms with Gasteiger partial charge in [-0.05, 0) is 41.8 Å². The molecule has 3 aromatic rings. The highest BCUT2D eigenvalue weighted by Crippen LogP contribution is 2.27. The molecule has 100 valence electrons. The number of aromatic nitrogens is 2. The Morgan fingerprint density at radius 3 is 2.60 bits per heavy atom. The molecule has 2 aromatic carbocycles. The Hall–Kier alpha value is -2.39. The lowest BCUT2D eigenvalue weighted by atomic mass is 9.96. The molecule has 0 saturated carbocycles. The molecule has 0 bridgehead atoms. The van der Waals surface area contributed by atoms with Crippen LogP contribution in [0.1, 0.15) is 5.56 Å². The van der Waals surface area contributed by atoms with E-state index >= 15 is 0 Å². The Balaban J connectivity index is 2.05. The maximum atomic E-state index is 5.70. The Kier molecular flexibility index (Phi) is 3.61. The lowest BCUT2D eigenvalue weighted by Crippen LogP contribution is -2.03. The Morgan fingerprint density at radius 2 is 1.80 bits per heavy atom. The molecule has 3 N–H and O–H groups in total. The fraction of sp³-hybridized carbons (Fsp3) is 0.118. The normalized spacial score (nSPS) is 10.7. The van der Waals surface area contributed by atoms with E-state index in [0.717, 1.165) is 17.7 Å². The van der Waals surface area contributed by atoms with Gasteiger partial charge in [-0.25, -0.2) is 0 Å². The minimum atomic E-state index is 0.664. The molecule has 0 unspecified atom stereocenters. The molecule has 0 amide bonds. The average Bonchev–Trinajstić information content (AvgIpc) is 3.03. The van der Waals surface area contributed by atoms with Gasteiger partial charge in [-0.1, -0.05) is 42.5 Å². The predicted octanol–water partition coefficient (Wildman–Crippen LogP) is 3.24. The molecule has 0 fully saturated rings. The third kappa shape index (κ3) is 2.49. The summed E-state index contributed by atoms with van der Waals surface area (Å²) in [5.74, 6) is 0. The SMILES string of the molecule is NCCc1ccccc1-c1cccc(-c2ccn[nH]2)c1. The van der Waals surface area contributed by atoms with E-state index in [1.54, 1.807) is 6.20 Å². The molecular weight excluding hydrogens is 246 g/mol. The number of H-pyrrole nitrogens is 1. The van der Waals surface area contributed by atoms with Gasteiger partial charge in [-0.15, -0.1) is 0 Å². The third-order valence-corrected chi connectivity index (χ3v) is 3.42. The molecule has 1 aromatic heterocycles. The Bertz CT molecular complexity index is 687. The van der Waals surface area contributed by atoms with E-state index in [1.165, 1.54) is 16.7 Å². The smallest absolute Gasteiger partial charge is 0.0650 e. The van der Waals surface area contributed by atoms with Gasteiger partial charge < -0.3 is 5.73 Å². The van der Waals surface area contributed by atoms with Gasteiger partial charge in [0, 0.05) is 11.8 Å². The Morgan fingerprint density at radius 1 is 0.950 bits per heavy atom. The summed E-state index contributed by atoms with van der Waals surface area (Å²) in [7, 11) is 0. The first-order valence-corrected chi connectivity index (χ1v) is 6.76. The van der Waals surface area contributed by atoms with Crippen LogP contribution in [0.3, 0.4) is 0 Å². The zero-order valence-corrected chi connectivity index (χ0v) is 11.2. The van der Waals surface area contributed by atoms with Crippen LogP contribution in [0.5, 0.6) is 0 Å². The summed E-state index contributed by atoms with van der Waals surface area (Å²) in [5, 5.41) is 7.01. The van der Waals surface area contributed by atoms with E-state index in [-0.39, 0.29) is 0 Å². The van der Waals surface area contributed by atoms with Gasteiger partial charge in [-0.3, -0.25) is 5.10 Å². The first-order chi connectivity index (χ1) is 9.88. The van der Waals surface area contributed by atoms with Crippen LogP contribution in [-0.4, -0.2) is 16.7 Å².